The van der Waals surface area contributed by atoms with E-state index in [0.717, 1.165) is 30.6 Å². The summed E-state index contributed by atoms with van der Waals surface area (Å²) in [6.45, 7) is 0. The van der Waals surface area contributed by atoms with Crippen LogP contribution in [-0.2, 0) is 17.1 Å². The molecule has 0 N–H and O–H groups in total. The van der Waals surface area contributed by atoms with Crippen molar-refractivity contribution in [2.75, 3.05) is 0 Å². The van der Waals surface area contributed by atoms with Crippen LogP contribution in [0.25, 0.3) is 0 Å². The first-order chi connectivity index (χ1) is 17.7. The minimum Gasteiger partial charge on any atom is -0.288 e. The molecule has 2 aliphatic carbocycles. The Hall–Kier alpha value is -2.30. The number of rotatable bonds is 6. The van der Waals surface area contributed by atoms with Crippen LogP contribution < -0.4 is 0 Å². The molecule has 2 aromatic carbocycles. The second-order valence-corrected chi connectivity index (χ2v) is 10.2. The summed E-state index contributed by atoms with van der Waals surface area (Å²) in [5, 5.41) is 0. The largest absolute Gasteiger partial charge is 2.00 e. The third kappa shape index (κ3) is 6.97. The normalized spacial score (nSPS) is 15.6. The van der Waals surface area contributed by atoms with E-state index in [9.17, 15) is 9.59 Å². The first-order valence-corrected chi connectivity index (χ1v) is 13.2. The van der Waals surface area contributed by atoms with Crippen molar-refractivity contribution >= 4 is 34.2 Å². The van der Waals surface area contributed by atoms with Crippen molar-refractivity contribution in [2.24, 2.45) is 0 Å². The molecule has 0 atom stereocenters. The zero-order valence-electron chi connectivity index (χ0n) is 19.7. The standard InChI is InChI=1S/2C16H11OS.Fe/c2*17-16(13-8-2-1-3-9-13)15-11-10-14(18-15)12-6-4-5-7-12;/h2*1-11H;/q;;+2. The summed E-state index contributed by atoms with van der Waals surface area (Å²) < 4.78 is 0. The SMILES string of the molecule is O=C(c1ccccc1)c1ccc([C]2[CH][CH][CH][CH]2)s1.O=C(c1ccccc1)c1ccc([C]2[CH][CH][CH][CH]2)s1.[Fe+2]. The molecule has 37 heavy (non-hydrogen) atoms. The molecule has 5 heteroatoms. The monoisotopic (exact) mass is 558 g/mol. The zero-order chi connectivity index (χ0) is 24.7. The predicted octanol–water partition coefficient (Wildman–Crippen LogP) is 7.46. The third-order valence-electron chi connectivity index (χ3n) is 5.63. The summed E-state index contributed by atoms with van der Waals surface area (Å²) in [4.78, 5) is 28.3. The molecule has 0 unspecified atom stereocenters. The van der Waals surface area contributed by atoms with Crippen LogP contribution in [0.5, 0.6) is 0 Å². The third-order valence-corrected chi connectivity index (χ3v) is 7.89. The van der Waals surface area contributed by atoms with Crippen molar-refractivity contribution in [1.82, 2.24) is 0 Å². The van der Waals surface area contributed by atoms with Gasteiger partial charge in [0.05, 0.1) is 9.75 Å². The van der Waals surface area contributed by atoms with Crippen molar-refractivity contribution in [3.63, 3.8) is 0 Å². The van der Waals surface area contributed by atoms with Crippen molar-refractivity contribution in [2.45, 2.75) is 0 Å². The first-order valence-electron chi connectivity index (χ1n) is 11.5. The Balaban J connectivity index is 0.000000168. The summed E-state index contributed by atoms with van der Waals surface area (Å²) in [5.41, 5.74) is 1.49. The van der Waals surface area contributed by atoms with E-state index in [1.807, 2.05) is 111 Å². The molecule has 0 spiro atoms. The molecule has 0 bridgehead atoms. The topological polar surface area (TPSA) is 34.1 Å². The predicted molar refractivity (Wildman–Crippen MR) is 147 cm³/mol. The Morgan fingerprint density at radius 3 is 1.16 bits per heavy atom. The summed E-state index contributed by atoms with van der Waals surface area (Å²) in [6.07, 6.45) is 16.3. The maximum Gasteiger partial charge on any atom is 2.00 e. The fourth-order valence-electron chi connectivity index (χ4n) is 3.77. The fourth-order valence-corrected chi connectivity index (χ4v) is 5.72. The van der Waals surface area contributed by atoms with Gasteiger partial charge in [0.15, 0.2) is 0 Å². The van der Waals surface area contributed by atoms with Gasteiger partial charge in [-0.25, -0.2) is 0 Å². The number of hydrogen-bond acceptors (Lipinski definition) is 4. The van der Waals surface area contributed by atoms with Crippen LogP contribution in [0.15, 0.2) is 84.9 Å². The molecule has 10 radical (unpaired) electrons. The molecule has 0 aliphatic heterocycles. The maximum absolute atomic E-state index is 12.2. The molecule has 2 aliphatic rings. The number of benzene rings is 2. The van der Waals surface area contributed by atoms with Gasteiger partial charge in [-0.2, -0.15) is 0 Å². The Labute approximate surface area is 238 Å². The summed E-state index contributed by atoms with van der Waals surface area (Å²) in [5.74, 6) is 2.54. The van der Waals surface area contributed by atoms with Gasteiger partial charge in [0.2, 0.25) is 11.6 Å². The van der Waals surface area contributed by atoms with Crippen LogP contribution in [0.3, 0.4) is 0 Å². The molecule has 2 saturated carbocycles. The quantitative estimate of drug-likeness (QED) is 0.182. The van der Waals surface area contributed by atoms with Crippen LogP contribution >= 0.6 is 22.7 Å². The van der Waals surface area contributed by atoms with Crippen molar-refractivity contribution in [1.29, 1.82) is 0 Å². The van der Waals surface area contributed by atoms with Crippen molar-refractivity contribution < 1.29 is 26.7 Å². The minimum atomic E-state index is 0. The van der Waals surface area contributed by atoms with Crippen molar-refractivity contribution in [3.8, 4) is 0 Å². The van der Waals surface area contributed by atoms with E-state index in [1.165, 1.54) is 11.8 Å². The average Bonchev–Trinajstić information content (AvgIpc) is 3.75. The second-order valence-electron chi connectivity index (χ2n) is 8.07. The minimum absolute atomic E-state index is 0. The van der Waals surface area contributed by atoms with E-state index in [-0.39, 0.29) is 28.6 Å². The van der Waals surface area contributed by atoms with Gasteiger partial charge < -0.3 is 0 Å². The molecule has 2 aromatic heterocycles. The summed E-state index contributed by atoms with van der Waals surface area (Å²) >= 11 is 3.09. The van der Waals surface area contributed by atoms with Gasteiger partial charge in [0.25, 0.3) is 0 Å². The van der Waals surface area contributed by atoms with Crippen LogP contribution in [0.1, 0.15) is 40.2 Å². The first kappa shape index (κ1) is 27.7. The molecule has 0 amide bonds. The molecule has 4 aromatic rings. The van der Waals surface area contributed by atoms with Gasteiger partial charge in [-0.1, -0.05) is 60.7 Å². The van der Waals surface area contributed by atoms with E-state index in [2.05, 4.69) is 25.7 Å². The van der Waals surface area contributed by atoms with Gasteiger partial charge in [-0.05, 0) is 75.6 Å². The summed E-state index contributed by atoms with van der Waals surface area (Å²) in [6, 6.07) is 26.6. The van der Waals surface area contributed by atoms with E-state index >= 15 is 0 Å². The number of thiophene rings is 2. The Morgan fingerprint density at radius 1 is 0.459 bits per heavy atom. The number of hydrogen-bond donors (Lipinski definition) is 0. The Kier molecular flexibility index (Phi) is 10.1. The Morgan fingerprint density at radius 2 is 0.811 bits per heavy atom. The van der Waals surface area contributed by atoms with Crippen LogP contribution in [0.2, 0.25) is 0 Å². The van der Waals surface area contributed by atoms with Gasteiger partial charge in [0, 0.05) is 32.7 Å². The number of carbonyl (C=O) groups is 2. The maximum atomic E-state index is 12.2. The molecule has 2 fully saturated rings. The molecule has 2 heterocycles. The van der Waals surface area contributed by atoms with Gasteiger partial charge >= 0.3 is 17.1 Å². The smallest absolute Gasteiger partial charge is 0.288 e. The van der Waals surface area contributed by atoms with E-state index in [1.54, 1.807) is 22.7 Å². The van der Waals surface area contributed by atoms with E-state index in [0.29, 0.717) is 0 Å². The molecule has 180 valence electrons. The number of ketones is 2. The van der Waals surface area contributed by atoms with Crippen molar-refractivity contribution in [3.05, 3.63) is 179 Å². The van der Waals surface area contributed by atoms with Crippen LogP contribution in [-0.4, -0.2) is 11.6 Å². The van der Waals surface area contributed by atoms with E-state index < -0.39 is 0 Å². The molecule has 0 saturated heterocycles. The second kappa shape index (κ2) is 13.5. The van der Waals surface area contributed by atoms with Gasteiger partial charge in [0.1, 0.15) is 0 Å². The fraction of sp³-hybridized carbons (Fsp3) is 0. The molecular weight excluding hydrogens is 536 g/mol. The van der Waals surface area contributed by atoms with E-state index in [4.69, 9.17) is 0 Å². The van der Waals surface area contributed by atoms with Gasteiger partial charge in [-0.3, -0.25) is 9.59 Å². The zero-order valence-corrected chi connectivity index (χ0v) is 22.4. The molecule has 2 nitrogen and oxygen atoms in total. The van der Waals surface area contributed by atoms with Crippen LogP contribution in [0, 0.1) is 63.2 Å². The van der Waals surface area contributed by atoms with Gasteiger partial charge in [-0.15, -0.1) is 22.7 Å². The Bertz CT molecular complexity index is 1180. The molecule has 6 rings (SSSR count). The molecular formula is C32H22FeO2S2+2. The number of carbonyl (C=O) groups excluding carboxylic acids is 2. The van der Waals surface area contributed by atoms with Crippen LogP contribution in [0.4, 0.5) is 0 Å². The average molecular weight is 559 g/mol. The summed E-state index contributed by atoms with van der Waals surface area (Å²) in [7, 11) is 0.